The van der Waals surface area contributed by atoms with E-state index in [4.69, 9.17) is 30.2 Å². The molecular formula is C27H23ClO6. The van der Waals surface area contributed by atoms with Crippen molar-refractivity contribution < 1.29 is 23.4 Å². The molecule has 0 spiro atoms. The van der Waals surface area contributed by atoms with Gasteiger partial charge in [-0.05, 0) is 61.4 Å². The number of ether oxygens (including phenoxy) is 3. The Balaban J connectivity index is 1.79. The van der Waals surface area contributed by atoms with Gasteiger partial charge in [0, 0.05) is 11.1 Å². The van der Waals surface area contributed by atoms with E-state index in [1.54, 1.807) is 48.5 Å². The van der Waals surface area contributed by atoms with Crippen LogP contribution in [0.2, 0.25) is 5.02 Å². The zero-order valence-electron chi connectivity index (χ0n) is 19.2. The van der Waals surface area contributed by atoms with Gasteiger partial charge >= 0.3 is 0 Å². The molecule has 0 aliphatic carbocycles. The highest BCUT2D eigenvalue weighted by molar-refractivity contribution is 6.33. The van der Waals surface area contributed by atoms with Gasteiger partial charge in [-0.25, -0.2) is 0 Å². The molecule has 4 aromatic rings. The van der Waals surface area contributed by atoms with Crippen LogP contribution in [0, 0.1) is 13.8 Å². The Morgan fingerprint density at radius 1 is 0.971 bits per heavy atom. The highest BCUT2D eigenvalue weighted by Crippen LogP contribution is 2.36. The number of hydrogen-bond donors (Lipinski definition) is 0. The average molecular weight is 479 g/mol. The maximum Gasteiger partial charge on any atom is 0.235 e. The van der Waals surface area contributed by atoms with Gasteiger partial charge in [-0.1, -0.05) is 29.8 Å². The van der Waals surface area contributed by atoms with Crippen LogP contribution in [0.4, 0.5) is 0 Å². The minimum atomic E-state index is -0.381. The van der Waals surface area contributed by atoms with Crippen molar-refractivity contribution in [2.45, 2.75) is 13.8 Å². The Morgan fingerprint density at radius 2 is 1.71 bits per heavy atom. The summed E-state index contributed by atoms with van der Waals surface area (Å²) in [6.07, 6.45) is 0. The van der Waals surface area contributed by atoms with Crippen molar-refractivity contribution in [3.8, 4) is 28.6 Å². The van der Waals surface area contributed by atoms with E-state index in [0.717, 1.165) is 11.1 Å². The SMILES string of the molecule is COc1ccc(C(=O)COc2c(-c3ccccc3Cl)oc3cc(C)cc(C)c3c2=O)cc1OC. The van der Waals surface area contributed by atoms with E-state index in [-0.39, 0.29) is 29.3 Å². The molecule has 3 aromatic carbocycles. The first-order valence-corrected chi connectivity index (χ1v) is 10.9. The second-order valence-electron chi connectivity index (χ2n) is 7.81. The third-order valence-corrected chi connectivity index (χ3v) is 5.80. The van der Waals surface area contributed by atoms with Gasteiger partial charge in [0.2, 0.25) is 11.2 Å². The Kier molecular flexibility index (Phi) is 6.61. The number of Topliss-reactive ketones (excluding diaryl/α,β-unsaturated/α-hetero) is 1. The number of rotatable bonds is 7. The van der Waals surface area contributed by atoms with Crippen molar-refractivity contribution in [1.82, 2.24) is 0 Å². The van der Waals surface area contributed by atoms with Gasteiger partial charge in [0.1, 0.15) is 5.58 Å². The molecule has 0 atom stereocenters. The van der Waals surface area contributed by atoms with Crippen molar-refractivity contribution >= 4 is 28.4 Å². The Labute approximate surface area is 201 Å². The first-order chi connectivity index (χ1) is 16.3. The molecule has 0 bridgehead atoms. The number of halogens is 1. The van der Waals surface area contributed by atoms with Crippen LogP contribution >= 0.6 is 11.6 Å². The number of ketones is 1. The molecule has 0 amide bonds. The average Bonchev–Trinajstić information content (AvgIpc) is 2.82. The summed E-state index contributed by atoms with van der Waals surface area (Å²) in [6.45, 7) is 3.38. The maximum atomic E-state index is 13.5. The van der Waals surface area contributed by atoms with Crippen molar-refractivity contribution in [2.24, 2.45) is 0 Å². The van der Waals surface area contributed by atoms with Crippen LogP contribution in [0.5, 0.6) is 17.2 Å². The molecule has 0 aliphatic rings. The molecule has 0 unspecified atom stereocenters. The minimum absolute atomic E-state index is 0.0682. The molecule has 6 nitrogen and oxygen atoms in total. The Morgan fingerprint density at radius 3 is 2.41 bits per heavy atom. The standard InChI is InChI=1S/C27H23ClO6/c1-15-11-16(2)24-23(12-15)34-26(18-7-5-6-8-19(18)28)27(25(24)30)33-14-20(29)17-9-10-21(31-3)22(13-17)32-4/h5-13H,14H2,1-4H3. The first kappa shape index (κ1) is 23.4. The third kappa shape index (κ3) is 4.37. The summed E-state index contributed by atoms with van der Waals surface area (Å²) in [6, 6.07) is 15.5. The first-order valence-electron chi connectivity index (χ1n) is 10.5. The minimum Gasteiger partial charge on any atom is -0.493 e. The van der Waals surface area contributed by atoms with Crippen LogP contribution in [0.1, 0.15) is 21.5 Å². The maximum absolute atomic E-state index is 13.5. The zero-order chi connectivity index (χ0) is 24.4. The van der Waals surface area contributed by atoms with Crippen LogP contribution in [-0.4, -0.2) is 26.6 Å². The number of benzene rings is 3. The molecule has 0 N–H and O–H groups in total. The third-order valence-electron chi connectivity index (χ3n) is 5.47. The fourth-order valence-electron chi connectivity index (χ4n) is 3.86. The molecule has 0 saturated carbocycles. The lowest BCUT2D eigenvalue weighted by atomic mass is 10.0. The van der Waals surface area contributed by atoms with Gasteiger partial charge in [-0.2, -0.15) is 0 Å². The van der Waals surface area contributed by atoms with E-state index in [2.05, 4.69) is 0 Å². The summed E-state index contributed by atoms with van der Waals surface area (Å²) in [7, 11) is 3.00. The van der Waals surface area contributed by atoms with Gasteiger partial charge in [0.15, 0.2) is 29.6 Å². The Hall–Kier alpha value is -3.77. The highest BCUT2D eigenvalue weighted by atomic mass is 35.5. The normalized spacial score (nSPS) is 10.9. The molecular weight excluding hydrogens is 456 g/mol. The molecule has 0 radical (unpaired) electrons. The van der Waals surface area contributed by atoms with Gasteiger partial charge in [0.05, 0.1) is 24.6 Å². The predicted molar refractivity (Wildman–Crippen MR) is 132 cm³/mol. The molecule has 1 heterocycles. The quantitative estimate of drug-likeness (QED) is 0.303. The lowest BCUT2D eigenvalue weighted by Gasteiger charge is -2.14. The lowest BCUT2D eigenvalue weighted by molar-refractivity contribution is 0.0920. The number of hydrogen-bond acceptors (Lipinski definition) is 6. The van der Waals surface area contributed by atoms with E-state index in [9.17, 15) is 9.59 Å². The largest absolute Gasteiger partial charge is 0.493 e. The second kappa shape index (κ2) is 9.61. The van der Waals surface area contributed by atoms with Crippen LogP contribution in [-0.2, 0) is 0 Å². The van der Waals surface area contributed by atoms with E-state index in [1.807, 2.05) is 19.9 Å². The fourth-order valence-corrected chi connectivity index (χ4v) is 4.08. The van der Waals surface area contributed by atoms with Gasteiger partial charge in [0.25, 0.3) is 0 Å². The molecule has 0 fully saturated rings. The van der Waals surface area contributed by atoms with Crippen LogP contribution in [0.3, 0.4) is 0 Å². The molecule has 4 rings (SSSR count). The van der Waals surface area contributed by atoms with E-state index >= 15 is 0 Å². The van der Waals surface area contributed by atoms with Crippen LogP contribution < -0.4 is 19.6 Å². The Bertz CT molecular complexity index is 1450. The van der Waals surface area contributed by atoms with Crippen molar-refractivity contribution in [1.29, 1.82) is 0 Å². The van der Waals surface area contributed by atoms with Gasteiger partial charge in [-0.3, -0.25) is 9.59 Å². The number of carbonyl (C=O) groups excluding carboxylic acids is 1. The molecule has 1 aromatic heterocycles. The van der Waals surface area contributed by atoms with E-state index in [1.165, 1.54) is 14.2 Å². The number of fused-ring (bicyclic) bond motifs is 1. The van der Waals surface area contributed by atoms with Crippen molar-refractivity contribution in [3.05, 3.63) is 86.5 Å². The van der Waals surface area contributed by atoms with Crippen LogP contribution in [0.25, 0.3) is 22.3 Å². The summed E-state index contributed by atoms with van der Waals surface area (Å²) in [5, 5.41) is 0.792. The van der Waals surface area contributed by atoms with Gasteiger partial charge in [-0.15, -0.1) is 0 Å². The van der Waals surface area contributed by atoms with Crippen molar-refractivity contribution in [2.75, 3.05) is 20.8 Å². The van der Waals surface area contributed by atoms with Gasteiger partial charge < -0.3 is 18.6 Å². The van der Waals surface area contributed by atoms with E-state index < -0.39 is 0 Å². The molecule has 0 saturated heterocycles. The molecule has 34 heavy (non-hydrogen) atoms. The molecule has 7 heteroatoms. The zero-order valence-corrected chi connectivity index (χ0v) is 20.0. The lowest BCUT2D eigenvalue weighted by Crippen LogP contribution is -2.17. The topological polar surface area (TPSA) is 75.0 Å². The summed E-state index contributed by atoms with van der Waals surface area (Å²) in [4.78, 5) is 26.4. The van der Waals surface area contributed by atoms with Crippen LogP contribution in [0.15, 0.2) is 63.8 Å². The van der Waals surface area contributed by atoms with E-state index in [0.29, 0.717) is 38.6 Å². The summed E-state index contributed by atoms with van der Waals surface area (Å²) in [5.74, 6) is 0.684. The van der Waals surface area contributed by atoms with Crippen molar-refractivity contribution in [3.63, 3.8) is 0 Å². The fraction of sp³-hybridized carbons (Fsp3) is 0.185. The smallest absolute Gasteiger partial charge is 0.235 e. The summed E-state index contributed by atoms with van der Waals surface area (Å²) < 4.78 is 22.5. The highest BCUT2D eigenvalue weighted by Gasteiger charge is 2.22. The molecule has 0 aliphatic heterocycles. The summed E-state index contributed by atoms with van der Waals surface area (Å²) in [5.41, 5.74) is 2.62. The molecule has 174 valence electrons. The monoisotopic (exact) mass is 478 g/mol. The number of aryl methyl sites for hydroxylation is 2. The number of methoxy groups -OCH3 is 2. The number of carbonyl (C=O) groups is 1. The second-order valence-corrected chi connectivity index (χ2v) is 8.21. The predicted octanol–water partition coefficient (Wildman–Crippen LogP) is 6.01. The summed E-state index contributed by atoms with van der Waals surface area (Å²) >= 11 is 6.41.